The SMILES string of the molecule is O=C(NCCN1C(=O)CCC1=O)c1cccc(-c2cc3ccccc3oc2=O)c1. The normalized spacial score (nSPS) is 13.9. The van der Waals surface area contributed by atoms with E-state index in [4.69, 9.17) is 4.42 Å². The number of carbonyl (C=O) groups excluding carboxylic acids is 3. The average molecular weight is 390 g/mol. The van der Waals surface area contributed by atoms with E-state index in [0.717, 1.165) is 10.3 Å². The Morgan fingerprint density at radius 3 is 2.52 bits per heavy atom. The molecule has 3 amide bonds. The lowest BCUT2D eigenvalue weighted by atomic mass is 10.0. The summed E-state index contributed by atoms with van der Waals surface area (Å²) >= 11 is 0. The number of likely N-dealkylation sites (tertiary alicyclic amines) is 1. The van der Waals surface area contributed by atoms with E-state index in [9.17, 15) is 19.2 Å². The maximum atomic E-state index is 12.5. The summed E-state index contributed by atoms with van der Waals surface area (Å²) in [6, 6.07) is 15.6. The van der Waals surface area contributed by atoms with Crippen LogP contribution in [0, 0.1) is 0 Å². The van der Waals surface area contributed by atoms with E-state index in [-0.39, 0.29) is 43.7 Å². The topological polar surface area (TPSA) is 96.7 Å². The molecule has 1 aliphatic rings. The van der Waals surface area contributed by atoms with Gasteiger partial charge < -0.3 is 9.73 Å². The molecule has 29 heavy (non-hydrogen) atoms. The molecule has 2 aromatic carbocycles. The molecule has 1 aliphatic heterocycles. The van der Waals surface area contributed by atoms with E-state index in [1.165, 1.54) is 0 Å². The van der Waals surface area contributed by atoms with Gasteiger partial charge in [0.05, 0.1) is 5.56 Å². The molecule has 0 spiro atoms. The largest absolute Gasteiger partial charge is 0.422 e. The molecule has 3 aromatic rings. The number of carbonyl (C=O) groups is 3. The third-order valence-electron chi connectivity index (χ3n) is 4.85. The lowest BCUT2D eigenvalue weighted by Gasteiger charge is -2.14. The standard InChI is InChI=1S/C22H18N2O5/c25-19-8-9-20(26)24(19)11-10-23-21(27)16-6-3-5-14(12-16)17-13-15-4-1-2-7-18(15)29-22(17)28/h1-7,12-13H,8-11H2,(H,23,27). The van der Waals surface area contributed by atoms with Crippen molar-refractivity contribution in [3.63, 3.8) is 0 Å². The smallest absolute Gasteiger partial charge is 0.344 e. The van der Waals surface area contributed by atoms with E-state index in [0.29, 0.717) is 22.3 Å². The molecule has 0 bridgehead atoms. The molecule has 1 saturated heterocycles. The van der Waals surface area contributed by atoms with Crippen molar-refractivity contribution in [2.24, 2.45) is 0 Å². The molecule has 0 radical (unpaired) electrons. The number of amides is 3. The highest BCUT2D eigenvalue weighted by Crippen LogP contribution is 2.22. The molecule has 0 aliphatic carbocycles. The van der Waals surface area contributed by atoms with Gasteiger partial charge in [0, 0.05) is 36.9 Å². The first-order valence-corrected chi connectivity index (χ1v) is 9.27. The molecule has 1 N–H and O–H groups in total. The Morgan fingerprint density at radius 2 is 1.72 bits per heavy atom. The summed E-state index contributed by atoms with van der Waals surface area (Å²) in [6.45, 7) is 0.315. The molecule has 0 unspecified atom stereocenters. The van der Waals surface area contributed by atoms with Crippen molar-refractivity contribution in [2.45, 2.75) is 12.8 Å². The second kappa shape index (κ2) is 7.71. The number of hydrogen-bond donors (Lipinski definition) is 1. The summed E-state index contributed by atoms with van der Waals surface area (Å²) in [6.07, 6.45) is 0.451. The van der Waals surface area contributed by atoms with Crippen molar-refractivity contribution >= 4 is 28.7 Å². The zero-order valence-corrected chi connectivity index (χ0v) is 15.5. The van der Waals surface area contributed by atoms with Gasteiger partial charge in [0.15, 0.2) is 0 Å². The molecule has 146 valence electrons. The quantitative estimate of drug-likeness (QED) is 0.533. The lowest BCUT2D eigenvalue weighted by Crippen LogP contribution is -2.37. The Kier molecular flexibility index (Phi) is 4.95. The van der Waals surface area contributed by atoms with Gasteiger partial charge in [-0.1, -0.05) is 30.3 Å². The van der Waals surface area contributed by atoms with Gasteiger partial charge in [-0.3, -0.25) is 19.3 Å². The third kappa shape index (κ3) is 3.80. The average Bonchev–Trinajstić information content (AvgIpc) is 3.05. The maximum absolute atomic E-state index is 12.5. The van der Waals surface area contributed by atoms with E-state index >= 15 is 0 Å². The minimum Gasteiger partial charge on any atom is -0.422 e. The number of hydrogen-bond acceptors (Lipinski definition) is 5. The first-order chi connectivity index (χ1) is 14.0. The number of para-hydroxylation sites is 1. The molecule has 4 rings (SSSR count). The third-order valence-corrected chi connectivity index (χ3v) is 4.85. The van der Waals surface area contributed by atoms with Crippen molar-refractivity contribution in [1.29, 1.82) is 0 Å². The lowest BCUT2D eigenvalue weighted by molar-refractivity contribution is -0.138. The van der Waals surface area contributed by atoms with Gasteiger partial charge in [0.25, 0.3) is 5.91 Å². The predicted octanol–water partition coefficient (Wildman–Crippen LogP) is 2.34. The zero-order valence-electron chi connectivity index (χ0n) is 15.5. The monoisotopic (exact) mass is 390 g/mol. The zero-order chi connectivity index (χ0) is 20.4. The first kappa shape index (κ1) is 18.6. The van der Waals surface area contributed by atoms with Gasteiger partial charge in [-0.2, -0.15) is 0 Å². The van der Waals surface area contributed by atoms with Crippen molar-refractivity contribution < 1.29 is 18.8 Å². The molecule has 0 saturated carbocycles. The Labute approximate surface area is 165 Å². The van der Waals surface area contributed by atoms with Crippen molar-refractivity contribution in [3.8, 4) is 11.1 Å². The molecule has 7 heteroatoms. The summed E-state index contributed by atoms with van der Waals surface area (Å²) in [5.74, 6) is -0.778. The number of benzene rings is 2. The predicted molar refractivity (Wildman–Crippen MR) is 106 cm³/mol. The molecular formula is C22H18N2O5. The van der Waals surface area contributed by atoms with Crippen LogP contribution in [0.15, 0.2) is 63.8 Å². The van der Waals surface area contributed by atoms with Gasteiger partial charge in [-0.05, 0) is 29.8 Å². The van der Waals surface area contributed by atoms with Crippen LogP contribution in [0.2, 0.25) is 0 Å². The van der Waals surface area contributed by atoms with Crippen LogP contribution in [0.3, 0.4) is 0 Å². The van der Waals surface area contributed by atoms with Gasteiger partial charge in [0.1, 0.15) is 5.58 Å². The summed E-state index contributed by atoms with van der Waals surface area (Å²) in [7, 11) is 0. The molecule has 1 aromatic heterocycles. The van der Waals surface area contributed by atoms with Gasteiger partial charge >= 0.3 is 5.63 Å². The fourth-order valence-electron chi connectivity index (χ4n) is 3.35. The van der Waals surface area contributed by atoms with E-state index in [2.05, 4.69) is 5.32 Å². The highest BCUT2D eigenvalue weighted by molar-refractivity contribution is 6.02. The van der Waals surface area contributed by atoms with E-state index in [1.807, 2.05) is 12.1 Å². The van der Waals surface area contributed by atoms with Crippen molar-refractivity contribution in [2.75, 3.05) is 13.1 Å². The number of rotatable bonds is 5. The van der Waals surface area contributed by atoms with E-state index < -0.39 is 5.63 Å². The van der Waals surface area contributed by atoms with Crippen LogP contribution in [0.4, 0.5) is 0 Å². The summed E-state index contributed by atoms with van der Waals surface area (Å²) in [5.41, 5.74) is 1.33. The highest BCUT2D eigenvalue weighted by Gasteiger charge is 2.28. The Hall–Kier alpha value is -3.74. The maximum Gasteiger partial charge on any atom is 0.344 e. The first-order valence-electron chi connectivity index (χ1n) is 9.27. The second-order valence-corrected chi connectivity index (χ2v) is 6.76. The van der Waals surface area contributed by atoms with Crippen molar-refractivity contribution in [3.05, 3.63) is 70.6 Å². The van der Waals surface area contributed by atoms with Crippen LogP contribution in [0.25, 0.3) is 22.1 Å². The number of fused-ring (bicyclic) bond motifs is 1. The number of nitrogens with one attached hydrogen (secondary N) is 1. The van der Waals surface area contributed by atoms with E-state index in [1.54, 1.807) is 42.5 Å². The van der Waals surface area contributed by atoms with Gasteiger partial charge in [-0.15, -0.1) is 0 Å². The Morgan fingerprint density at radius 1 is 0.966 bits per heavy atom. The van der Waals surface area contributed by atoms with Crippen LogP contribution in [0.5, 0.6) is 0 Å². The minimum absolute atomic E-state index is 0.150. The number of imide groups is 1. The molecule has 7 nitrogen and oxygen atoms in total. The second-order valence-electron chi connectivity index (χ2n) is 6.76. The summed E-state index contributed by atoms with van der Waals surface area (Å²) < 4.78 is 5.36. The van der Waals surface area contributed by atoms with Gasteiger partial charge in [-0.25, -0.2) is 4.79 Å². The Balaban J connectivity index is 1.51. The van der Waals surface area contributed by atoms with Crippen LogP contribution >= 0.6 is 0 Å². The number of nitrogens with zero attached hydrogens (tertiary/aromatic N) is 1. The van der Waals surface area contributed by atoms with Crippen LogP contribution in [0.1, 0.15) is 23.2 Å². The molecule has 1 fully saturated rings. The van der Waals surface area contributed by atoms with Crippen molar-refractivity contribution in [1.82, 2.24) is 10.2 Å². The minimum atomic E-state index is -0.479. The molecule has 2 heterocycles. The highest BCUT2D eigenvalue weighted by atomic mass is 16.4. The summed E-state index contributed by atoms with van der Waals surface area (Å²) in [5, 5.41) is 3.49. The molecule has 0 atom stereocenters. The van der Waals surface area contributed by atoms with Gasteiger partial charge in [0.2, 0.25) is 11.8 Å². The Bertz CT molecular complexity index is 1170. The fraction of sp³-hybridized carbons (Fsp3) is 0.182. The fourth-order valence-corrected chi connectivity index (χ4v) is 3.35. The van der Waals surface area contributed by atoms with Crippen LogP contribution in [-0.4, -0.2) is 35.7 Å². The van der Waals surface area contributed by atoms with Crippen LogP contribution in [-0.2, 0) is 9.59 Å². The summed E-state index contributed by atoms with van der Waals surface area (Å²) in [4.78, 5) is 49.2. The van der Waals surface area contributed by atoms with Crippen LogP contribution < -0.4 is 10.9 Å². The molecular weight excluding hydrogens is 372 g/mol.